The predicted octanol–water partition coefficient (Wildman–Crippen LogP) is 7.82. The summed E-state index contributed by atoms with van der Waals surface area (Å²) in [4.78, 5) is 0. The smallest absolute Gasteiger partial charge is 0.0323 e. The van der Waals surface area contributed by atoms with Crippen LogP contribution in [0, 0.1) is 0 Å². The lowest BCUT2D eigenvalue weighted by molar-refractivity contribution is 0.535. The number of rotatable bonds is 15. The summed E-state index contributed by atoms with van der Waals surface area (Å²) in [6.45, 7) is 6.70. The van der Waals surface area contributed by atoms with Gasteiger partial charge >= 0.3 is 0 Å². The first kappa shape index (κ1) is 19.7. The first-order valence-electron chi connectivity index (χ1n) is 9.43. The van der Waals surface area contributed by atoms with Crippen molar-refractivity contribution in [1.29, 1.82) is 0 Å². The van der Waals surface area contributed by atoms with Crippen LogP contribution < -0.4 is 0 Å². The Morgan fingerprint density at radius 2 is 0.950 bits per heavy atom. The maximum atomic E-state index is 2.29. The van der Waals surface area contributed by atoms with Gasteiger partial charge in [0.25, 0.3) is 0 Å². The molecule has 0 radical (unpaired) electrons. The molecule has 20 heavy (non-hydrogen) atoms. The van der Waals surface area contributed by atoms with E-state index in [4.69, 9.17) is 0 Å². The molecule has 0 aromatic carbocycles. The van der Waals surface area contributed by atoms with E-state index in [1.165, 1.54) is 96.3 Å². The molecule has 0 N–H and O–H groups in total. The monoisotopic (exact) mass is 280 g/mol. The van der Waals surface area contributed by atoms with Crippen LogP contribution in [0.5, 0.6) is 0 Å². The Balaban J connectivity index is 2.99. The Kier molecular flexibility index (Phi) is 16.6. The standard InChI is InChI=1S/C20H40/c1-4-6-7-8-9-10-11-12-13-14-15-16-17-18-19-20(3)5-2/h5H,4,6-19H2,1-3H3. The molecule has 0 aliphatic rings. The topological polar surface area (TPSA) is 0 Å². The molecule has 0 aromatic rings. The van der Waals surface area contributed by atoms with E-state index in [0.29, 0.717) is 0 Å². The Morgan fingerprint density at radius 3 is 1.30 bits per heavy atom. The highest BCUT2D eigenvalue weighted by atomic mass is 14.0. The van der Waals surface area contributed by atoms with Crippen molar-refractivity contribution in [3.8, 4) is 0 Å². The molecule has 0 saturated heterocycles. The van der Waals surface area contributed by atoms with Gasteiger partial charge in [0, 0.05) is 0 Å². The van der Waals surface area contributed by atoms with Gasteiger partial charge in [-0.15, -0.1) is 0 Å². The van der Waals surface area contributed by atoms with Crippen LogP contribution in [0.4, 0.5) is 0 Å². The second kappa shape index (κ2) is 16.8. The molecule has 120 valence electrons. The van der Waals surface area contributed by atoms with E-state index in [9.17, 15) is 0 Å². The van der Waals surface area contributed by atoms with E-state index < -0.39 is 0 Å². The average molecular weight is 281 g/mol. The Hall–Kier alpha value is -0.260. The van der Waals surface area contributed by atoms with Gasteiger partial charge in [0.2, 0.25) is 0 Å². The number of allylic oxidation sites excluding steroid dienone is 2. The summed E-state index contributed by atoms with van der Waals surface area (Å²) >= 11 is 0. The van der Waals surface area contributed by atoms with Gasteiger partial charge in [-0.3, -0.25) is 0 Å². The number of hydrogen-bond donors (Lipinski definition) is 0. The summed E-state index contributed by atoms with van der Waals surface area (Å²) in [6, 6.07) is 0. The van der Waals surface area contributed by atoms with Gasteiger partial charge in [0.15, 0.2) is 0 Å². The molecule has 0 unspecified atom stereocenters. The van der Waals surface area contributed by atoms with Crippen molar-refractivity contribution in [2.75, 3.05) is 0 Å². The maximum absolute atomic E-state index is 2.29. The summed E-state index contributed by atoms with van der Waals surface area (Å²) in [6.07, 6.45) is 23.9. The zero-order chi connectivity index (χ0) is 14.9. The minimum Gasteiger partial charge on any atom is -0.0887 e. The van der Waals surface area contributed by atoms with Crippen LogP contribution in [0.2, 0.25) is 0 Å². The fourth-order valence-corrected chi connectivity index (χ4v) is 2.74. The summed E-state index contributed by atoms with van der Waals surface area (Å²) in [5, 5.41) is 0. The third-order valence-corrected chi connectivity index (χ3v) is 4.42. The molecule has 0 rings (SSSR count). The second-order valence-electron chi connectivity index (χ2n) is 6.48. The lowest BCUT2D eigenvalue weighted by Gasteiger charge is -2.03. The Labute approximate surface area is 129 Å². The predicted molar refractivity (Wildman–Crippen MR) is 94.4 cm³/mol. The van der Waals surface area contributed by atoms with E-state index in [0.717, 1.165) is 0 Å². The van der Waals surface area contributed by atoms with Gasteiger partial charge in [0.1, 0.15) is 0 Å². The minimum atomic E-state index is 1.31. The van der Waals surface area contributed by atoms with Crippen molar-refractivity contribution in [1.82, 2.24) is 0 Å². The molecule has 0 saturated carbocycles. The molecule has 0 fully saturated rings. The van der Waals surface area contributed by atoms with E-state index in [1.54, 1.807) is 5.57 Å². The molecular formula is C20H40. The van der Waals surface area contributed by atoms with Crippen LogP contribution >= 0.6 is 0 Å². The fraction of sp³-hybridized carbons (Fsp3) is 0.900. The summed E-state index contributed by atoms with van der Waals surface area (Å²) in [5.41, 5.74) is 1.56. The minimum absolute atomic E-state index is 1.31. The summed E-state index contributed by atoms with van der Waals surface area (Å²) < 4.78 is 0. The molecule has 0 amide bonds. The highest BCUT2D eigenvalue weighted by Crippen LogP contribution is 2.14. The third kappa shape index (κ3) is 15.8. The van der Waals surface area contributed by atoms with Crippen molar-refractivity contribution < 1.29 is 0 Å². The van der Waals surface area contributed by atoms with Crippen LogP contribution in [-0.2, 0) is 0 Å². The van der Waals surface area contributed by atoms with Gasteiger partial charge in [-0.1, -0.05) is 102 Å². The maximum Gasteiger partial charge on any atom is -0.0323 e. The lowest BCUT2D eigenvalue weighted by Crippen LogP contribution is -1.83. The van der Waals surface area contributed by atoms with Crippen molar-refractivity contribution in [3.63, 3.8) is 0 Å². The fourth-order valence-electron chi connectivity index (χ4n) is 2.74. The van der Waals surface area contributed by atoms with Crippen LogP contribution in [-0.4, -0.2) is 0 Å². The first-order chi connectivity index (χ1) is 9.81. The largest absolute Gasteiger partial charge is 0.0887 e. The molecular weight excluding hydrogens is 240 g/mol. The molecule has 0 aliphatic carbocycles. The molecule has 0 bridgehead atoms. The van der Waals surface area contributed by atoms with Crippen LogP contribution in [0.3, 0.4) is 0 Å². The Morgan fingerprint density at radius 1 is 0.600 bits per heavy atom. The zero-order valence-corrected chi connectivity index (χ0v) is 14.7. The van der Waals surface area contributed by atoms with E-state index in [2.05, 4.69) is 26.8 Å². The number of hydrogen-bond acceptors (Lipinski definition) is 0. The molecule has 0 spiro atoms. The molecule has 0 heterocycles. The van der Waals surface area contributed by atoms with Crippen LogP contribution in [0.15, 0.2) is 11.6 Å². The van der Waals surface area contributed by atoms with Gasteiger partial charge < -0.3 is 0 Å². The lowest BCUT2D eigenvalue weighted by atomic mass is 10.0. The molecule has 0 aromatic heterocycles. The van der Waals surface area contributed by atoms with Crippen LogP contribution in [0.1, 0.15) is 117 Å². The highest BCUT2D eigenvalue weighted by Gasteiger charge is 1.94. The number of unbranched alkanes of at least 4 members (excludes halogenated alkanes) is 13. The molecule has 0 atom stereocenters. The summed E-state index contributed by atoms with van der Waals surface area (Å²) in [5.74, 6) is 0. The van der Waals surface area contributed by atoms with Crippen molar-refractivity contribution >= 4 is 0 Å². The quantitative estimate of drug-likeness (QED) is 0.212. The second-order valence-corrected chi connectivity index (χ2v) is 6.48. The van der Waals surface area contributed by atoms with E-state index >= 15 is 0 Å². The van der Waals surface area contributed by atoms with E-state index in [1.807, 2.05) is 0 Å². The average Bonchev–Trinajstić information content (AvgIpc) is 2.47. The van der Waals surface area contributed by atoms with Gasteiger partial charge in [-0.2, -0.15) is 0 Å². The van der Waals surface area contributed by atoms with Crippen LogP contribution in [0.25, 0.3) is 0 Å². The van der Waals surface area contributed by atoms with Gasteiger partial charge in [-0.05, 0) is 26.7 Å². The van der Waals surface area contributed by atoms with Crippen molar-refractivity contribution in [2.45, 2.75) is 117 Å². The Bertz CT molecular complexity index is 202. The third-order valence-electron chi connectivity index (χ3n) is 4.42. The van der Waals surface area contributed by atoms with Crippen molar-refractivity contribution in [3.05, 3.63) is 11.6 Å². The highest BCUT2D eigenvalue weighted by molar-refractivity contribution is 4.94. The zero-order valence-electron chi connectivity index (χ0n) is 14.7. The van der Waals surface area contributed by atoms with E-state index in [-0.39, 0.29) is 0 Å². The first-order valence-corrected chi connectivity index (χ1v) is 9.43. The molecule has 0 aliphatic heterocycles. The van der Waals surface area contributed by atoms with Gasteiger partial charge in [-0.25, -0.2) is 0 Å². The molecule has 0 nitrogen and oxygen atoms in total. The summed E-state index contributed by atoms with van der Waals surface area (Å²) in [7, 11) is 0. The molecule has 0 heteroatoms. The SMILES string of the molecule is CC=C(C)CCCCCCCCCCCCCCCC. The van der Waals surface area contributed by atoms with Crippen molar-refractivity contribution in [2.24, 2.45) is 0 Å². The normalized spacial score (nSPS) is 12.1. The van der Waals surface area contributed by atoms with Gasteiger partial charge in [0.05, 0.1) is 0 Å².